The number of carbonyl (C=O) groups excluding carboxylic acids is 3. The number of carbonyl (C=O) groups is 3. The number of amides is 3. The smallest absolute Gasteiger partial charge is 0.289 e. The molecule has 1 atom stereocenters. The van der Waals surface area contributed by atoms with Gasteiger partial charge in [-0.1, -0.05) is 30.3 Å². The number of furan rings is 1. The number of piperazine rings is 1. The number of nitrogens with zero attached hydrogens (tertiary/aromatic N) is 4. The molecule has 0 aliphatic carbocycles. The molecule has 0 unspecified atom stereocenters. The van der Waals surface area contributed by atoms with E-state index in [0.717, 1.165) is 32.5 Å². The molecule has 3 aliphatic heterocycles. The molecular formula is C26H32N4O4. The lowest BCUT2D eigenvalue weighted by Gasteiger charge is -2.37. The quantitative estimate of drug-likeness (QED) is 0.677. The second-order valence-electron chi connectivity index (χ2n) is 9.53. The van der Waals surface area contributed by atoms with Crippen LogP contribution in [0.3, 0.4) is 0 Å². The maximum atomic E-state index is 13.2. The fourth-order valence-electron chi connectivity index (χ4n) is 5.42. The Balaban J connectivity index is 1.09. The zero-order valence-electron chi connectivity index (χ0n) is 19.5. The summed E-state index contributed by atoms with van der Waals surface area (Å²) < 4.78 is 5.20. The standard InChI is InChI=1S/C26H32N4O4/c31-24-17-21(25(32)28-12-14-29(15-13-28)26(33)23-7-4-16-34-23)19-30(24)22-8-10-27(11-9-22)18-20-5-2-1-3-6-20/h1-7,16,21-22H,8-15,17-19H2/t21-/m0/s1. The number of benzene rings is 1. The van der Waals surface area contributed by atoms with Gasteiger partial charge in [0.2, 0.25) is 11.8 Å². The van der Waals surface area contributed by atoms with E-state index in [2.05, 4.69) is 29.2 Å². The molecule has 0 saturated carbocycles. The number of likely N-dealkylation sites (tertiary alicyclic amines) is 2. The minimum absolute atomic E-state index is 0.0439. The van der Waals surface area contributed by atoms with Gasteiger partial charge >= 0.3 is 0 Å². The van der Waals surface area contributed by atoms with Crippen molar-refractivity contribution in [1.82, 2.24) is 19.6 Å². The van der Waals surface area contributed by atoms with Crippen molar-refractivity contribution < 1.29 is 18.8 Å². The van der Waals surface area contributed by atoms with Crippen LogP contribution in [-0.4, -0.2) is 89.2 Å². The molecule has 34 heavy (non-hydrogen) atoms. The minimum Gasteiger partial charge on any atom is -0.459 e. The summed E-state index contributed by atoms with van der Waals surface area (Å²) in [5.41, 5.74) is 1.31. The van der Waals surface area contributed by atoms with Crippen LogP contribution in [0.1, 0.15) is 35.4 Å². The van der Waals surface area contributed by atoms with Gasteiger partial charge in [-0.25, -0.2) is 0 Å². The molecule has 3 aliphatic rings. The van der Waals surface area contributed by atoms with E-state index in [1.54, 1.807) is 17.0 Å². The molecule has 1 aromatic heterocycles. The second kappa shape index (κ2) is 10.0. The van der Waals surface area contributed by atoms with Crippen LogP contribution in [0, 0.1) is 5.92 Å². The Labute approximate surface area is 200 Å². The van der Waals surface area contributed by atoms with Crippen LogP contribution < -0.4 is 0 Å². The van der Waals surface area contributed by atoms with E-state index in [1.807, 2.05) is 15.9 Å². The van der Waals surface area contributed by atoms with Crippen molar-refractivity contribution in [3.05, 3.63) is 60.1 Å². The topological polar surface area (TPSA) is 77.3 Å². The second-order valence-corrected chi connectivity index (χ2v) is 9.53. The molecule has 4 heterocycles. The van der Waals surface area contributed by atoms with Crippen molar-refractivity contribution in [2.24, 2.45) is 5.92 Å². The first-order valence-corrected chi connectivity index (χ1v) is 12.3. The van der Waals surface area contributed by atoms with Gasteiger partial charge in [-0.05, 0) is 30.5 Å². The Morgan fingerprint density at radius 1 is 0.882 bits per heavy atom. The predicted molar refractivity (Wildman–Crippen MR) is 126 cm³/mol. The molecule has 5 rings (SSSR count). The van der Waals surface area contributed by atoms with Crippen LogP contribution in [0.5, 0.6) is 0 Å². The van der Waals surface area contributed by atoms with Gasteiger partial charge in [0.05, 0.1) is 12.2 Å². The molecule has 0 radical (unpaired) electrons. The third-order valence-electron chi connectivity index (χ3n) is 7.37. The third kappa shape index (κ3) is 4.87. The van der Waals surface area contributed by atoms with E-state index in [9.17, 15) is 14.4 Å². The van der Waals surface area contributed by atoms with E-state index < -0.39 is 0 Å². The lowest BCUT2D eigenvalue weighted by molar-refractivity contribution is -0.137. The summed E-state index contributed by atoms with van der Waals surface area (Å²) >= 11 is 0. The third-order valence-corrected chi connectivity index (χ3v) is 7.37. The maximum absolute atomic E-state index is 13.2. The Morgan fingerprint density at radius 3 is 2.26 bits per heavy atom. The van der Waals surface area contributed by atoms with Crippen molar-refractivity contribution in [1.29, 1.82) is 0 Å². The van der Waals surface area contributed by atoms with E-state index in [-0.39, 0.29) is 29.7 Å². The average Bonchev–Trinajstić information content (AvgIpc) is 3.55. The minimum atomic E-state index is -0.276. The molecule has 8 heteroatoms. The fraction of sp³-hybridized carbons (Fsp3) is 0.500. The summed E-state index contributed by atoms with van der Waals surface area (Å²) in [5.74, 6) is 0.0562. The molecule has 8 nitrogen and oxygen atoms in total. The van der Waals surface area contributed by atoms with E-state index in [1.165, 1.54) is 11.8 Å². The highest BCUT2D eigenvalue weighted by molar-refractivity contribution is 5.92. The highest BCUT2D eigenvalue weighted by Gasteiger charge is 2.41. The van der Waals surface area contributed by atoms with Crippen LogP contribution >= 0.6 is 0 Å². The molecule has 0 N–H and O–H groups in total. The zero-order valence-corrected chi connectivity index (χ0v) is 19.5. The Kier molecular flexibility index (Phi) is 6.67. The SMILES string of the molecule is O=C(c1ccco1)N1CCN(C(=O)[C@H]2CC(=O)N(C3CCN(Cc4ccccc4)CC3)C2)CC1. The highest BCUT2D eigenvalue weighted by Crippen LogP contribution is 2.27. The van der Waals surface area contributed by atoms with Crippen LogP contribution in [0.4, 0.5) is 0 Å². The molecule has 3 amide bonds. The van der Waals surface area contributed by atoms with Crippen molar-refractivity contribution >= 4 is 17.7 Å². The molecule has 180 valence electrons. The molecule has 3 fully saturated rings. The molecular weight excluding hydrogens is 432 g/mol. The summed E-state index contributed by atoms with van der Waals surface area (Å²) in [6, 6.07) is 14.1. The van der Waals surface area contributed by atoms with E-state index in [4.69, 9.17) is 4.42 Å². The Hall–Kier alpha value is -3.13. The first kappa shape index (κ1) is 22.7. The van der Waals surface area contributed by atoms with Crippen LogP contribution in [0.15, 0.2) is 53.1 Å². The monoisotopic (exact) mass is 464 g/mol. The van der Waals surface area contributed by atoms with Gasteiger partial charge in [-0.3, -0.25) is 19.3 Å². The molecule has 0 spiro atoms. The average molecular weight is 465 g/mol. The molecule has 2 aromatic rings. The van der Waals surface area contributed by atoms with Gasteiger partial charge in [-0.15, -0.1) is 0 Å². The number of rotatable bonds is 5. The van der Waals surface area contributed by atoms with Crippen molar-refractivity contribution in [2.75, 3.05) is 45.8 Å². The number of hydrogen-bond donors (Lipinski definition) is 0. The first-order chi connectivity index (χ1) is 16.6. The van der Waals surface area contributed by atoms with Crippen LogP contribution in [0.2, 0.25) is 0 Å². The van der Waals surface area contributed by atoms with Gasteiger partial charge in [0.15, 0.2) is 5.76 Å². The lowest BCUT2D eigenvalue weighted by Crippen LogP contribution is -2.52. The number of hydrogen-bond acceptors (Lipinski definition) is 5. The normalized spacial score (nSPS) is 22.4. The lowest BCUT2D eigenvalue weighted by atomic mass is 10.0. The predicted octanol–water partition coefficient (Wildman–Crippen LogP) is 2.08. The summed E-state index contributed by atoms with van der Waals surface area (Å²) in [4.78, 5) is 46.3. The Morgan fingerprint density at radius 2 is 1.59 bits per heavy atom. The van der Waals surface area contributed by atoms with Gasteiger partial charge in [0.25, 0.3) is 5.91 Å². The first-order valence-electron chi connectivity index (χ1n) is 12.3. The molecule has 1 aromatic carbocycles. The summed E-state index contributed by atoms with van der Waals surface area (Å²) in [5, 5.41) is 0. The van der Waals surface area contributed by atoms with E-state index >= 15 is 0 Å². The highest BCUT2D eigenvalue weighted by atomic mass is 16.3. The van der Waals surface area contributed by atoms with Crippen LogP contribution in [0.25, 0.3) is 0 Å². The van der Waals surface area contributed by atoms with Gasteiger partial charge < -0.3 is 19.1 Å². The van der Waals surface area contributed by atoms with Gasteiger partial charge in [0.1, 0.15) is 0 Å². The van der Waals surface area contributed by atoms with Gasteiger partial charge in [-0.2, -0.15) is 0 Å². The summed E-state index contributed by atoms with van der Waals surface area (Å²) in [7, 11) is 0. The van der Waals surface area contributed by atoms with Crippen LogP contribution in [-0.2, 0) is 16.1 Å². The largest absolute Gasteiger partial charge is 0.459 e. The molecule has 3 saturated heterocycles. The maximum Gasteiger partial charge on any atom is 0.289 e. The van der Waals surface area contributed by atoms with Crippen molar-refractivity contribution in [3.63, 3.8) is 0 Å². The fourth-order valence-corrected chi connectivity index (χ4v) is 5.42. The van der Waals surface area contributed by atoms with Crippen molar-refractivity contribution in [2.45, 2.75) is 31.8 Å². The van der Waals surface area contributed by atoms with E-state index in [0.29, 0.717) is 44.9 Å². The zero-order chi connectivity index (χ0) is 23.5. The summed E-state index contributed by atoms with van der Waals surface area (Å²) in [6.45, 7) is 5.34. The molecule has 0 bridgehead atoms. The van der Waals surface area contributed by atoms with Crippen molar-refractivity contribution in [3.8, 4) is 0 Å². The summed E-state index contributed by atoms with van der Waals surface area (Å²) in [6.07, 6.45) is 3.69. The van der Waals surface area contributed by atoms with Gasteiger partial charge in [0, 0.05) is 64.8 Å². The number of piperidine rings is 1. The Bertz CT molecular complexity index is 993.